The molecular formula is C25H32N2O2. The highest BCUT2D eigenvalue weighted by Gasteiger charge is 2.37. The Morgan fingerprint density at radius 1 is 1.00 bits per heavy atom. The van der Waals surface area contributed by atoms with E-state index in [0.29, 0.717) is 24.1 Å². The topological polar surface area (TPSA) is 32.8 Å². The lowest BCUT2D eigenvalue weighted by Crippen LogP contribution is -2.43. The van der Waals surface area contributed by atoms with Crippen molar-refractivity contribution in [3.05, 3.63) is 65.7 Å². The number of nitrogens with zero attached hydrogens (tertiary/aromatic N) is 2. The Morgan fingerprint density at radius 2 is 1.79 bits per heavy atom. The molecule has 2 bridgehead atoms. The molecule has 3 aliphatic rings. The molecule has 3 fully saturated rings. The minimum Gasteiger partial charge on any atom is -0.493 e. The van der Waals surface area contributed by atoms with Gasteiger partial charge in [-0.05, 0) is 42.9 Å². The maximum Gasteiger partial charge on any atom is 0.257 e. The van der Waals surface area contributed by atoms with Gasteiger partial charge in [0.15, 0.2) is 0 Å². The van der Waals surface area contributed by atoms with Crippen LogP contribution in [0.2, 0.25) is 0 Å². The number of benzene rings is 2. The fourth-order valence-corrected chi connectivity index (χ4v) is 4.62. The van der Waals surface area contributed by atoms with Gasteiger partial charge in [-0.2, -0.15) is 0 Å². The number of hydrogen-bond acceptors (Lipinski definition) is 3. The average Bonchev–Trinajstić information content (AvgIpc) is 3.06. The Hall–Kier alpha value is -2.33. The molecular weight excluding hydrogens is 360 g/mol. The molecule has 1 amide bonds. The molecule has 4 heteroatoms. The number of para-hydroxylation sites is 1. The zero-order valence-corrected chi connectivity index (χ0v) is 17.4. The lowest BCUT2D eigenvalue weighted by molar-refractivity contribution is 0.0731. The molecule has 3 saturated heterocycles. The summed E-state index contributed by atoms with van der Waals surface area (Å²) in [5.74, 6) is 1.40. The van der Waals surface area contributed by atoms with Crippen LogP contribution in [-0.4, -0.2) is 48.0 Å². The van der Waals surface area contributed by atoms with Crippen LogP contribution in [0.15, 0.2) is 54.6 Å². The van der Waals surface area contributed by atoms with E-state index in [4.69, 9.17) is 4.74 Å². The molecule has 29 heavy (non-hydrogen) atoms. The Bertz CT molecular complexity index is 807. The van der Waals surface area contributed by atoms with Crippen molar-refractivity contribution >= 4 is 5.91 Å². The largest absolute Gasteiger partial charge is 0.493 e. The summed E-state index contributed by atoms with van der Waals surface area (Å²) in [6.07, 6.45) is 4.48. The third-order valence-electron chi connectivity index (χ3n) is 6.22. The van der Waals surface area contributed by atoms with E-state index in [9.17, 15) is 4.79 Å². The molecule has 0 spiro atoms. The number of amides is 1. The molecule has 0 aromatic heterocycles. The molecule has 154 valence electrons. The fourth-order valence-electron chi connectivity index (χ4n) is 4.62. The first-order valence-electron chi connectivity index (χ1n) is 11.0. The molecule has 0 radical (unpaired) electrons. The highest BCUT2D eigenvalue weighted by molar-refractivity contribution is 5.97. The number of piperidine rings is 1. The quantitative estimate of drug-likeness (QED) is 0.646. The Balaban J connectivity index is 1.47. The third-order valence-corrected chi connectivity index (χ3v) is 6.22. The summed E-state index contributed by atoms with van der Waals surface area (Å²) in [4.78, 5) is 18.1. The molecule has 0 unspecified atom stereocenters. The monoisotopic (exact) mass is 392 g/mol. The molecule has 3 aliphatic heterocycles. The van der Waals surface area contributed by atoms with Gasteiger partial charge >= 0.3 is 0 Å². The van der Waals surface area contributed by atoms with Crippen molar-refractivity contribution in [3.63, 3.8) is 0 Å². The lowest BCUT2D eigenvalue weighted by Gasteiger charge is -2.36. The van der Waals surface area contributed by atoms with Gasteiger partial charge in [-0.15, -0.1) is 0 Å². The summed E-state index contributed by atoms with van der Waals surface area (Å²) in [5.41, 5.74) is 2.06. The van der Waals surface area contributed by atoms with Crippen LogP contribution in [0.5, 0.6) is 5.75 Å². The maximum absolute atomic E-state index is 13.4. The van der Waals surface area contributed by atoms with Crippen molar-refractivity contribution in [1.82, 2.24) is 9.80 Å². The van der Waals surface area contributed by atoms with Crippen molar-refractivity contribution in [2.24, 2.45) is 5.92 Å². The van der Waals surface area contributed by atoms with E-state index >= 15 is 0 Å². The average molecular weight is 393 g/mol. The van der Waals surface area contributed by atoms with Crippen LogP contribution in [-0.2, 0) is 6.54 Å². The van der Waals surface area contributed by atoms with Crippen LogP contribution < -0.4 is 4.74 Å². The van der Waals surface area contributed by atoms with Crippen LogP contribution in [0.25, 0.3) is 0 Å². The van der Waals surface area contributed by atoms with Crippen molar-refractivity contribution in [3.8, 4) is 5.75 Å². The summed E-state index contributed by atoms with van der Waals surface area (Å²) in [7, 11) is 0. The van der Waals surface area contributed by atoms with Gasteiger partial charge in [-0.25, -0.2) is 0 Å². The second-order valence-electron chi connectivity index (χ2n) is 8.42. The number of rotatable bonds is 7. The number of carbonyl (C=O) groups is 1. The van der Waals surface area contributed by atoms with Gasteiger partial charge in [0.25, 0.3) is 5.91 Å². The molecule has 0 N–H and O–H groups in total. The summed E-state index contributed by atoms with van der Waals surface area (Å²) in [6.45, 7) is 6.53. The Labute approximate surface area is 174 Å². The first-order chi connectivity index (χ1) is 14.2. The van der Waals surface area contributed by atoms with Gasteiger partial charge in [-0.1, -0.05) is 55.8 Å². The first kappa shape index (κ1) is 20.0. The van der Waals surface area contributed by atoms with Gasteiger partial charge in [0.2, 0.25) is 0 Å². The number of fused-ring (bicyclic) bond motifs is 4. The summed E-state index contributed by atoms with van der Waals surface area (Å²) in [5, 5.41) is 0. The standard InChI is InChI=1S/C25H32N2O2/c1-2-3-15-29-24-12-8-7-11-23(24)25(28)27-18-21-13-14-22(19-27)26(17-21)16-20-9-5-4-6-10-20/h4-12,21-22H,2-3,13-19H2,1H3/t21-,22-/m1/s1. The summed E-state index contributed by atoms with van der Waals surface area (Å²) >= 11 is 0. The SMILES string of the molecule is CCCCOc1ccccc1C(=O)N1C[C@@H]2CC[C@H](C1)N(Cc1ccccc1)C2. The van der Waals surface area contributed by atoms with E-state index < -0.39 is 0 Å². The van der Waals surface area contributed by atoms with Crippen molar-refractivity contribution in [2.75, 3.05) is 26.2 Å². The second-order valence-corrected chi connectivity index (χ2v) is 8.42. The molecule has 3 heterocycles. The summed E-state index contributed by atoms with van der Waals surface area (Å²) in [6, 6.07) is 18.9. The fraction of sp³-hybridized carbons (Fsp3) is 0.480. The molecule has 4 nitrogen and oxygen atoms in total. The maximum atomic E-state index is 13.4. The molecule has 2 aromatic carbocycles. The van der Waals surface area contributed by atoms with E-state index in [-0.39, 0.29) is 5.91 Å². The van der Waals surface area contributed by atoms with Crippen LogP contribution >= 0.6 is 0 Å². The first-order valence-corrected chi connectivity index (χ1v) is 11.0. The van der Waals surface area contributed by atoms with Crippen LogP contribution in [0.4, 0.5) is 0 Å². The van der Waals surface area contributed by atoms with Crippen LogP contribution in [0, 0.1) is 5.92 Å². The number of hydrogen-bond donors (Lipinski definition) is 0. The predicted molar refractivity (Wildman–Crippen MR) is 116 cm³/mol. The Morgan fingerprint density at radius 3 is 2.62 bits per heavy atom. The minimum absolute atomic E-state index is 0.121. The van der Waals surface area contributed by atoms with Gasteiger partial charge in [0.1, 0.15) is 5.75 Å². The van der Waals surface area contributed by atoms with Crippen molar-refractivity contribution < 1.29 is 9.53 Å². The van der Waals surface area contributed by atoms with Gasteiger partial charge in [-0.3, -0.25) is 9.69 Å². The normalized spacial score (nSPS) is 21.8. The van der Waals surface area contributed by atoms with E-state index in [1.54, 1.807) is 0 Å². The van der Waals surface area contributed by atoms with Crippen molar-refractivity contribution in [1.29, 1.82) is 0 Å². The highest BCUT2D eigenvalue weighted by atomic mass is 16.5. The van der Waals surface area contributed by atoms with Crippen LogP contribution in [0.3, 0.4) is 0 Å². The van der Waals surface area contributed by atoms with E-state index in [1.807, 2.05) is 24.3 Å². The van der Waals surface area contributed by atoms with Crippen LogP contribution in [0.1, 0.15) is 48.5 Å². The van der Waals surface area contributed by atoms with E-state index in [0.717, 1.165) is 44.8 Å². The van der Waals surface area contributed by atoms with Gasteiger partial charge in [0, 0.05) is 32.2 Å². The molecule has 0 aliphatic carbocycles. The number of unbranched alkanes of at least 4 members (excludes halogenated alkanes) is 1. The predicted octanol–water partition coefficient (Wildman–Crippen LogP) is 4.60. The number of ether oxygens (including phenoxy) is 1. The summed E-state index contributed by atoms with van der Waals surface area (Å²) < 4.78 is 5.93. The zero-order valence-electron chi connectivity index (χ0n) is 17.4. The van der Waals surface area contributed by atoms with E-state index in [2.05, 4.69) is 47.1 Å². The lowest BCUT2D eigenvalue weighted by atomic mass is 9.94. The molecule has 0 saturated carbocycles. The van der Waals surface area contributed by atoms with Gasteiger partial charge in [0.05, 0.1) is 12.2 Å². The smallest absolute Gasteiger partial charge is 0.257 e. The van der Waals surface area contributed by atoms with E-state index in [1.165, 1.54) is 18.4 Å². The van der Waals surface area contributed by atoms with Crippen molar-refractivity contribution in [2.45, 2.75) is 45.2 Å². The Kier molecular flexibility index (Phi) is 6.50. The molecule has 2 atom stereocenters. The van der Waals surface area contributed by atoms with Gasteiger partial charge < -0.3 is 9.64 Å². The zero-order chi connectivity index (χ0) is 20.1. The second kappa shape index (κ2) is 9.45. The third kappa shape index (κ3) is 4.81. The number of carbonyl (C=O) groups excluding carboxylic acids is 1. The molecule has 5 rings (SSSR count). The minimum atomic E-state index is 0.121. The molecule has 2 aromatic rings. The highest BCUT2D eigenvalue weighted by Crippen LogP contribution is 2.31.